The highest BCUT2D eigenvalue weighted by molar-refractivity contribution is 5.89. The second-order valence-corrected chi connectivity index (χ2v) is 11.1. The van der Waals surface area contributed by atoms with Crippen molar-refractivity contribution in [3.05, 3.63) is 144 Å². The monoisotopic (exact) mass is 651 g/mol. The summed E-state index contributed by atoms with van der Waals surface area (Å²) in [5, 5.41) is 8.15. The van der Waals surface area contributed by atoms with E-state index in [2.05, 4.69) is 16.0 Å². The molecule has 0 aliphatic rings. The Morgan fingerprint density at radius 1 is 0.500 bits per heavy atom. The molecule has 0 radical (unpaired) electrons. The van der Waals surface area contributed by atoms with Crippen molar-refractivity contribution in [1.29, 1.82) is 0 Å². The molecule has 2 unspecified atom stereocenters. The molecule has 4 aromatic carbocycles. The van der Waals surface area contributed by atoms with Crippen LogP contribution in [0.4, 0.5) is 9.59 Å². The van der Waals surface area contributed by atoms with Crippen LogP contribution in [0.2, 0.25) is 0 Å². The summed E-state index contributed by atoms with van der Waals surface area (Å²) in [5.41, 5.74) is 3.31. The summed E-state index contributed by atoms with van der Waals surface area (Å²) in [6, 6.07) is 35.0. The third-order valence-corrected chi connectivity index (χ3v) is 7.33. The highest BCUT2D eigenvalue weighted by Gasteiger charge is 2.28. The first-order valence-electron chi connectivity index (χ1n) is 15.9. The molecule has 0 aliphatic heterocycles. The lowest BCUT2D eigenvalue weighted by Gasteiger charge is -2.23. The standard InChI is InChI=1S/C38H41N3O7/c42-35(40-34(25-29-15-5-1-6-16-29)36(43)46-26-30-17-7-2-8-18-30)33(41-38(45)48-28-32-21-11-4-12-22-32)23-13-14-24-39-37(44)47-27-31-19-9-3-10-20-31/h1-12,15-22,33-34H,13-14,23-28H2,(H,39,44)(H,40,42)(H,41,45). The van der Waals surface area contributed by atoms with Gasteiger partial charge < -0.3 is 30.2 Å². The summed E-state index contributed by atoms with van der Waals surface area (Å²) in [4.78, 5) is 51.8. The highest BCUT2D eigenvalue weighted by Crippen LogP contribution is 2.10. The van der Waals surface area contributed by atoms with E-state index in [0.717, 1.165) is 22.3 Å². The maximum Gasteiger partial charge on any atom is 0.408 e. The SMILES string of the molecule is O=C(NCCCCC(NC(=O)OCc1ccccc1)C(=O)NC(Cc1ccccc1)C(=O)OCc1ccccc1)OCc1ccccc1. The van der Waals surface area contributed by atoms with Crippen LogP contribution in [0.3, 0.4) is 0 Å². The van der Waals surface area contributed by atoms with Crippen molar-refractivity contribution in [2.75, 3.05) is 6.54 Å². The first kappa shape index (κ1) is 35.2. The van der Waals surface area contributed by atoms with E-state index in [0.29, 0.717) is 19.4 Å². The first-order chi connectivity index (χ1) is 23.5. The number of hydrogen-bond donors (Lipinski definition) is 3. The van der Waals surface area contributed by atoms with Crippen LogP contribution in [-0.2, 0) is 50.0 Å². The predicted octanol–water partition coefficient (Wildman–Crippen LogP) is 5.85. The molecule has 4 rings (SSSR count). The van der Waals surface area contributed by atoms with Gasteiger partial charge in [0.15, 0.2) is 0 Å². The minimum atomic E-state index is -1.02. The zero-order chi connectivity index (χ0) is 33.8. The van der Waals surface area contributed by atoms with Crippen molar-refractivity contribution in [3.8, 4) is 0 Å². The molecule has 0 spiro atoms. The summed E-state index contributed by atoms with van der Waals surface area (Å²) in [5.74, 6) is -1.15. The number of nitrogens with one attached hydrogen (secondary N) is 3. The van der Waals surface area contributed by atoms with Crippen LogP contribution < -0.4 is 16.0 Å². The average Bonchev–Trinajstić information content (AvgIpc) is 3.13. The van der Waals surface area contributed by atoms with Gasteiger partial charge in [-0.3, -0.25) is 4.79 Å². The van der Waals surface area contributed by atoms with E-state index in [9.17, 15) is 19.2 Å². The Labute approximate surface area is 280 Å². The highest BCUT2D eigenvalue weighted by atomic mass is 16.6. The molecular formula is C38H41N3O7. The fourth-order valence-corrected chi connectivity index (χ4v) is 4.76. The van der Waals surface area contributed by atoms with Crippen LogP contribution in [0.15, 0.2) is 121 Å². The molecule has 48 heavy (non-hydrogen) atoms. The second kappa shape index (κ2) is 19.8. The molecule has 0 saturated carbocycles. The van der Waals surface area contributed by atoms with Gasteiger partial charge in [0, 0.05) is 13.0 Å². The molecule has 3 amide bonds. The molecule has 4 aromatic rings. The molecule has 0 aliphatic carbocycles. The number of rotatable bonds is 17. The second-order valence-electron chi connectivity index (χ2n) is 11.1. The van der Waals surface area contributed by atoms with Crippen molar-refractivity contribution < 1.29 is 33.4 Å². The number of ether oxygens (including phenoxy) is 3. The largest absolute Gasteiger partial charge is 0.459 e. The fraction of sp³-hybridized carbons (Fsp3) is 0.263. The van der Waals surface area contributed by atoms with E-state index in [-0.39, 0.29) is 32.7 Å². The minimum absolute atomic E-state index is 0.0263. The zero-order valence-corrected chi connectivity index (χ0v) is 26.7. The molecule has 250 valence electrons. The van der Waals surface area contributed by atoms with Gasteiger partial charge in [0.2, 0.25) is 5.91 Å². The van der Waals surface area contributed by atoms with Gasteiger partial charge >= 0.3 is 18.2 Å². The van der Waals surface area contributed by atoms with Crippen molar-refractivity contribution in [2.45, 2.75) is 57.6 Å². The van der Waals surface area contributed by atoms with E-state index in [1.165, 1.54) is 0 Å². The Morgan fingerprint density at radius 2 is 0.958 bits per heavy atom. The molecule has 0 fully saturated rings. The van der Waals surface area contributed by atoms with Gasteiger partial charge in [0.05, 0.1) is 0 Å². The minimum Gasteiger partial charge on any atom is -0.459 e. The lowest BCUT2D eigenvalue weighted by molar-refractivity contribution is -0.149. The van der Waals surface area contributed by atoms with Gasteiger partial charge in [-0.05, 0) is 41.5 Å². The number of esters is 1. The van der Waals surface area contributed by atoms with Gasteiger partial charge in [-0.1, -0.05) is 121 Å². The summed E-state index contributed by atoms with van der Waals surface area (Å²) in [6.07, 6.45) is 0.0845. The zero-order valence-electron chi connectivity index (χ0n) is 26.7. The molecule has 0 heterocycles. The van der Waals surface area contributed by atoms with Crippen molar-refractivity contribution >= 4 is 24.1 Å². The van der Waals surface area contributed by atoms with Crippen molar-refractivity contribution in [3.63, 3.8) is 0 Å². The number of amides is 3. The van der Waals surface area contributed by atoms with Crippen LogP contribution in [0.25, 0.3) is 0 Å². The maximum atomic E-state index is 13.6. The number of carbonyl (C=O) groups is 4. The predicted molar refractivity (Wildman–Crippen MR) is 180 cm³/mol. The van der Waals surface area contributed by atoms with Gasteiger partial charge in [0.1, 0.15) is 31.9 Å². The summed E-state index contributed by atoms with van der Waals surface area (Å²) >= 11 is 0. The van der Waals surface area contributed by atoms with E-state index in [1.807, 2.05) is 121 Å². The number of benzene rings is 4. The Hall–Kier alpha value is -5.64. The van der Waals surface area contributed by atoms with Crippen molar-refractivity contribution in [1.82, 2.24) is 16.0 Å². The Balaban J connectivity index is 1.35. The number of carbonyl (C=O) groups excluding carboxylic acids is 4. The van der Waals surface area contributed by atoms with E-state index >= 15 is 0 Å². The third kappa shape index (κ3) is 13.0. The van der Waals surface area contributed by atoms with Crippen molar-refractivity contribution in [2.24, 2.45) is 0 Å². The summed E-state index contributed by atoms with van der Waals surface area (Å²) in [7, 11) is 0. The van der Waals surface area contributed by atoms with Gasteiger partial charge in [0.25, 0.3) is 0 Å². The summed E-state index contributed by atoms with van der Waals surface area (Å²) in [6.45, 7) is 0.540. The summed E-state index contributed by atoms with van der Waals surface area (Å²) < 4.78 is 16.2. The van der Waals surface area contributed by atoms with E-state index in [4.69, 9.17) is 14.2 Å². The molecule has 0 bridgehead atoms. The van der Waals surface area contributed by atoms with Gasteiger partial charge in [-0.2, -0.15) is 0 Å². The number of unbranched alkanes of at least 4 members (excludes halogenated alkanes) is 1. The average molecular weight is 652 g/mol. The topological polar surface area (TPSA) is 132 Å². The van der Waals surface area contributed by atoms with Crippen LogP contribution in [0.5, 0.6) is 0 Å². The Bertz CT molecular complexity index is 1550. The van der Waals surface area contributed by atoms with Crippen LogP contribution in [0.1, 0.15) is 41.5 Å². The van der Waals surface area contributed by atoms with Crippen LogP contribution in [-0.4, -0.2) is 42.7 Å². The lowest BCUT2D eigenvalue weighted by Crippen LogP contribution is -2.52. The van der Waals surface area contributed by atoms with Crippen LogP contribution >= 0.6 is 0 Å². The normalized spacial score (nSPS) is 11.8. The number of hydrogen-bond acceptors (Lipinski definition) is 7. The maximum absolute atomic E-state index is 13.6. The molecule has 3 N–H and O–H groups in total. The smallest absolute Gasteiger partial charge is 0.408 e. The Kier molecular flexibility index (Phi) is 14.5. The fourth-order valence-electron chi connectivity index (χ4n) is 4.76. The first-order valence-corrected chi connectivity index (χ1v) is 15.9. The quantitative estimate of drug-likeness (QED) is 0.0742. The molecule has 2 atom stereocenters. The van der Waals surface area contributed by atoms with E-state index in [1.54, 1.807) is 0 Å². The molecule has 10 nitrogen and oxygen atoms in total. The number of alkyl carbamates (subject to hydrolysis) is 2. The molecular weight excluding hydrogens is 610 g/mol. The van der Waals surface area contributed by atoms with Gasteiger partial charge in [-0.25, -0.2) is 14.4 Å². The molecule has 10 heteroatoms. The molecule has 0 saturated heterocycles. The van der Waals surface area contributed by atoms with E-state index < -0.39 is 36.1 Å². The van der Waals surface area contributed by atoms with Gasteiger partial charge in [-0.15, -0.1) is 0 Å². The van der Waals surface area contributed by atoms with Crippen LogP contribution in [0, 0.1) is 0 Å². The lowest BCUT2D eigenvalue weighted by atomic mass is 10.0. The molecule has 0 aromatic heterocycles. The third-order valence-electron chi connectivity index (χ3n) is 7.33. The Morgan fingerprint density at radius 3 is 1.48 bits per heavy atom.